The van der Waals surface area contributed by atoms with Crippen LogP contribution in [0, 0.1) is 6.92 Å². The molecule has 286 valence electrons. The van der Waals surface area contributed by atoms with E-state index in [1.165, 1.54) is 19.2 Å². The van der Waals surface area contributed by atoms with Gasteiger partial charge in [0.25, 0.3) is 11.5 Å². The largest absolute Gasteiger partial charge is 0.497 e. The molecule has 0 bridgehead atoms. The number of hydrogen-bond acceptors (Lipinski definition) is 9. The molecule has 0 saturated heterocycles. The zero-order valence-electron chi connectivity index (χ0n) is 30.7. The number of allylic oxidation sites excluding steroid dienone is 1. The Balaban J connectivity index is 1.22. The van der Waals surface area contributed by atoms with E-state index >= 15 is 0 Å². The van der Waals surface area contributed by atoms with Crippen LogP contribution in [-0.4, -0.2) is 91.4 Å². The van der Waals surface area contributed by atoms with E-state index in [-0.39, 0.29) is 42.3 Å². The van der Waals surface area contributed by atoms with Crippen molar-refractivity contribution < 1.29 is 37.3 Å². The molecular weight excluding hydrogens is 715 g/mol. The van der Waals surface area contributed by atoms with Crippen molar-refractivity contribution >= 4 is 26.8 Å². The highest BCUT2D eigenvalue weighted by atomic mass is 32.2. The van der Waals surface area contributed by atoms with Crippen molar-refractivity contribution in [1.29, 1.82) is 0 Å². The molecule has 1 aliphatic heterocycles. The molecule has 0 saturated carbocycles. The summed E-state index contributed by atoms with van der Waals surface area (Å²) in [4.78, 5) is 31.0. The first-order chi connectivity index (χ1) is 26.0. The number of aliphatic hydroxyl groups is 1. The minimum Gasteiger partial charge on any atom is -0.497 e. The molecule has 0 fully saturated rings. The van der Waals surface area contributed by atoms with Crippen molar-refractivity contribution in [3.8, 4) is 17.2 Å². The molecule has 3 N–H and O–H groups in total. The number of nitrogens with one attached hydrogen (secondary N) is 2. The highest BCUT2D eigenvalue weighted by molar-refractivity contribution is 7.89. The van der Waals surface area contributed by atoms with E-state index in [4.69, 9.17) is 18.9 Å². The molecule has 6 rings (SSSR count). The summed E-state index contributed by atoms with van der Waals surface area (Å²) >= 11 is 0. The van der Waals surface area contributed by atoms with Gasteiger partial charge >= 0.3 is 0 Å². The lowest BCUT2D eigenvalue weighted by Gasteiger charge is -2.29. The molecule has 2 atom stereocenters. The molecule has 3 aromatic carbocycles. The van der Waals surface area contributed by atoms with Crippen LogP contribution in [0.4, 0.5) is 0 Å². The quantitative estimate of drug-likeness (QED) is 0.136. The highest BCUT2D eigenvalue weighted by Gasteiger charge is 2.33. The standard InChI is InChI=1S/C39H45N5O9S/c1-26-37(39(47)44(42(26)2)29-8-6-5-7-9-29)28-22-35(38(46)40-17-16-27-25-41-34-15-12-31(51-4)24-33(27)34)53-36(23-28)52-21-19-43(18-20-45)54(48,49)32-13-10-30(50-3)11-14-32/h5-15,22,24-25,28,36,41,45H,16-21,23H2,1-4H3,(H,40,46). The summed E-state index contributed by atoms with van der Waals surface area (Å²) in [7, 11) is 0.911. The third-order valence-corrected chi connectivity index (χ3v) is 11.5. The van der Waals surface area contributed by atoms with Gasteiger partial charge in [0.2, 0.25) is 16.3 Å². The first-order valence-corrected chi connectivity index (χ1v) is 19.0. The number of benzene rings is 3. The lowest BCUT2D eigenvalue weighted by atomic mass is 9.93. The minimum atomic E-state index is -3.99. The zero-order chi connectivity index (χ0) is 38.4. The second-order valence-corrected chi connectivity index (χ2v) is 14.7. The van der Waals surface area contributed by atoms with Gasteiger partial charge in [0, 0.05) is 67.4 Å². The van der Waals surface area contributed by atoms with Gasteiger partial charge in [-0.2, -0.15) is 4.31 Å². The molecule has 2 aromatic heterocycles. The van der Waals surface area contributed by atoms with Gasteiger partial charge in [-0.25, -0.2) is 13.1 Å². The molecule has 3 heterocycles. The number of sulfonamides is 1. The first-order valence-electron chi connectivity index (χ1n) is 17.6. The third kappa shape index (κ3) is 8.09. The van der Waals surface area contributed by atoms with Crippen LogP contribution < -0.4 is 20.3 Å². The number of carbonyl (C=O) groups excluding carboxylic acids is 1. The number of aromatic nitrogens is 3. The second-order valence-electron chi connectivity index (χ2n) is 12.8. The molecule has 0 radical (unpaired) electrons. The molecule has 15 heteroatoms. The SMILES string of the molecule is COc1ccc(S(=O)(=O)N(CCO)CCOC2CC(c3c(C)n(C)n(-c4ccccc4)c3=O)C=C(C(=O)NCCc3c[nH]c4ccc(OC)cc34)O2)cc1. The molecule has 0 spiro atoms. The number of aliphatic hydroxyl groups excluding tert-OH is 1. The van der Waals surface area contributed by atoms with Gasteiger partial charge in [-0.15, -0.1) is 0 Å². The van der Waals surface area contributed by atoms with Crippen LogP contribution in [0.3, 0.4) is 0 Å². The summed E-state index contributed by atoms with van der Waals surface area (Å²) in [5.74, 6) is 0.178. The van der Waals surface area contributed by atoms with E-state index < -0.39 is 34.7 Å². The number of nitrogens with zero attached hydrogens (tertiary/aromatic N) is 3. The minimum absolute atomic E-state index is 0.0103. The van der Waals surface area contributed by atoms with Gasteiger partial charge < -0.3 is 34.4 Å². The molecule has 54 heavy (non-hydrogen) atoms. The fraction of sp³-hybridized carbons (Fsp3) is 0.333. The van der Waals surface area contributed by atoms with Crippen molar-refractivity contribution in [3.63, 3.8) is 0 Å². The Labute approximate surface area is 313 Å². The van der Waals surface area contributed by atoms with Crippen molar-refractivity contribution in [1.82, 2.24) is 24.0 Å². The van der Waals surface area contributed by atoms with Gasteiger partial charge in [-0.1, -0.05) is 18.2 Å². The van der Waals surface area contributed by atoms with Crippen LogP contribution in [0.25, 0.3) is 16.6 Å². The number of rotatable bonds is 16. The average molecular weight is 760 g/mol. The number of H-pyrrole nitrogens is 1. The lowest BCUT2D eigenvalue weighted by Crippen LogP contribution is -2.38. The number of carbonyl (C=O) groups is 1. The van der Waals surface area contributed by atoms with E-state index in [9.17, 15) is 23.1 Å². The Morgan fingerprint density at radius 2 is 1.76 bits per heavy atom. The molecule has 1 aliphatic rings. The van der Waals surface area contributed by atoms with Gasteiger partial charge in [0.15, 0.2) is 5.76 Å². The van der Waals surface area contributed by atoms with Gasteiger partial charge in [-0.05, 0) is 79.6 Å². The van der Waals surface area contributed by atoms with Crippen molar-refractivity contribution in [2.75, 3.05) is 47.1 Å². The number of para-hydroxylation sites is 1. The van der Waals surface area contributed by atoms with Gasteiger partial charge in [-0.3, -0.25) is 14.3 Å². The summed E-state index contributed by atoms with van der Waals surface area (Å²) in [5, 5.41) is 13.6. The van der Waals surface area contributed by atoms with E-state index in [0.717, 1.165) is 26.5 Å². The number of aromatic amines is 1. The van der Waals surface area contributed by atoms with Gasteiger partial charge in [0.05, 0.1) is 38.0 Å². The van der Waals surface area contributed by atoms with E-state index in [2.05, 4.69) is 10.3 Å². The fourth-order valence-electron chi connectivity index (χ4n) is 6.67. The average Bonchev–Trinajstić information content (AvgIpc) is 3.69. The number of ether oxygens (including phenoxy) is 4. The van der Waals surface area contributed by atoms with Crippen LogP contribution in [0.5, 0.6) is 11.5 Å². The second kappa shape index (κ2) is 16.8. The predicted octanol–water partition coefficient (Wildman–Crippen LogP) is 3.76. The Bertz CT molecular complexity index is 2280. The smallest absolute Gasteiger partial charge is 0.286 e. The number of amides is 1. The molecule has 14 nitrogen and oxygen atoms in total. The van der Waals surface area contributed by atoms with E-state index in [1.807, 2.05) is 61.7 Å². The topological polar surface area (TPSA) is 166 Å². The molecular formula is C39H45N5O9S. The van der Waals surface area contributed by atoms with E-state index in [1.54, 1.807) is 41.7 Å². The molecule has 0 aliphatic carbocycles. The maximum atomic E-state index is 14.0. The summed E-state index contributed by atoms with van der Waals surface area (Å²) in [6.07, 6.45) is 3.27. The monoisotopic (exact) mass is 759 g/mol. The number of methoxy groups -OCH3 is 2. The first kappa shape index (κ1) is 38.4. The Kier molecular flexibility index (Phi) is 11.9. The number of fused-ring (bicyclic) bond motifs is 1. The van der Waals surface area contributed by atoms with Crippen LogP contribution in [0.1, 0.15) is 29.2 Å². The van der Waals surface area contributed by atoms with E-state index in [0.29, 0.717) is 35.7 Å². The molecule has 5 aromatic rings. The Morgan fingerprint density at radius 1 is 1.04 bits per heavy atom. The predicted molar refractivity (Wildman–Crippen MR) is 202 cm³/mol. The van der Waals surface area contributed by atoms with Crippen molar-refractivity contribution in [2.24, 2.45) is 7.05 Å². The van der Waals surface area contributed by atoms with Crippen LogP contribution >= 0.6 is 0 Å². The van der Waals surface area contributed by atoms with Crippen LogP contribution in [0.15, 0.2) is 101 Å². The Morgan fingerprint density at radius 3 is 2.46 bits per heavy atom. The summed E-state index contributed by atoms with van der Waals surface area (Å²) in [6.45, 7) is 1.36. The summed E-state index contributed by atoms with van der Waals surface area (Å²) in [5.41, 5.74) is 3.60. The zero-order valence-corrected chi connectivity index (χ0v) is 31.5. The van der Waals surface area contributed by atoms with Gasteiger partial charge in [0.1, 0.15) is 11.5 Å². The molecule has 1 amide bonds. The normalized spacial score (nSPS) is 15.9. The lowest BCUT2D eigenvalue weighted by molar-refractivity contribution is -0.146. The van der Waals surface area contributed by atoms with Crippen molar-refractivity contribution in [2.45, 2.75) is 36.9 Å². The van der Waals surface area contributed by atoms with Crippen LogP contribution in [-0.2, 0) is 37.8 Å². The molecule has 2 unspecified atom stereocenters. The highest BCUT2D eigenvalue weighted by Crippen LogP contribution is 2.32. The maximum Gasteiger partial charge on any atom is 0.286 e. The summed E-state index contributed by atoms with van der Waals surface area (Å²) < 4.78 is 54.2. The van der Waals surface area contributed by atoms with Crippen molar-refractivity contribution in [3.05, 3.63) is 118 Å². The fourth-order valence-corrected chi connectivity index (χ4v) is 8.09. The number of hydrogen-bond donors (Lipinski definition) is 3. The van der Waals surface area contributed by atoms with Crippen LogP contribution in [0.2, 0.25) is 0 Å². The Hall–Kier alpha value is -5.35. The maximum absolute atomic E-state index is 14.0. The third-order valence-electron chi connectivity index (χ3n) is 9.60. The summed E-state index contributed by atoms with van der Waals surface area (Å²) in [6, 6.07) is 21.0.